The molecule has 2 aromatic carbocycles. The molecule has 0 aliphatic rings. The number of para-hydroxylation sites is 2. The van der Waals surface area contributed by atoms with Crippen LogP contribution in [0.5, 0.6) is 0 Å². The van der Waals surface area contributed by atoms with Gasteiger partial charge in [0.25, 0.3) is 0 Å². The highest BCUT2D eigenvalue weighted by Crippen LogP contribution is 2.34. The zero-order valence-electron chi connectivity index (χ0n) is 9.35. The van der Waals surface area contributed by atoms with Gasteiger partial charge in [-0.3, -0.25) is 4.90 Å². The van der Waals surface area contributed by atoms with E-state index in [-0.39, 0.29) is 9.65 Å². The van der Waals surface area contributed by atoms with Crippen LogP contribution in [-0.4, -0.2) is 0 Å². The molecule has 0 fully saturated rings. The Morgan fingerprint density at radius 1 is 0.667 bits per heavy atom. The molecule has 0 aromatic heterocycles. The molecule has 0 radical (unpaired) electrons. The zero-order chi connectivity index (χ0) is 13.0. The van der Waals surface area contributed by atoms with Crippen LogP contribution >= 0.6 is 34.8 Å². The Hall–Kier alpha value is -1.15. The first-order valence-electron chi connectivity index (χ1n) is 5.31. The van der Waals surface area contributed by atoms with Gasteiger partial charge in [0, 0.05) is 11.4 Å². The molecule has 2 aromatic rings. The van der Waals surface area contributed by atoms with Crippen LogP contribution < -0.4 is 4.90 Å². The molecule has 18 heavy (non-hydrogen) atoms. The fraction of sp³-hybridized carbons (Fsp3) is 0. The molecule has 0 atom stereocenters. The van der Waals surface area contributed by atoms with Crippen molar-refractivity contribution in [3.63, 3.8) is 0 Å². The van der Waals surface area contributed by atoms with Gasteiger partial charge in [0.15, 0.2) is 0 Å². The van der Waals surface area contributed by atoms with Crippen molar-refractivity contribution in [3.8, 4) is 0 Å². The average molecular weight is 299 g/mol. The molecule has 0 saturated heterocycles. The van der Waals surface area contributed by atoms with Crippen LogP contribution in [0, 0.1) is 0 Å². The molecule has 92 valence electrons. The summed E-state index contributed by atoms with van der Waals surface area (Å²) in [7, 11) is 0. The van der Waals surface area contributed by atoms with Gasteiger partial charge >= 0.3 is 0 Å². The van der Waals surface area contributed by atoms with Gasteiger partial charge in [-0.25, -0.2) is 0 Å². The average Bonchev–Trinajstić information content (AvgIpc) is 2.41. The predicted octanol–water partition coefficient (Wildman–Crippen LogP) is 5.67. The van der Waals surface area contributed by atoms with Gasteiger partial charge in [-0.15, -0.1) is 0 Å². The van der Waals surface area contributed by atoms with Gasteiger partial charge in [-0.05, 0) is 24.3 Å². The lowest BCUT2D eigenvalue weighted by atomic mass is 10.2. The van der Waals surface area contributed by atoms with Crippen LogP contribution in [0.2, 0.25) is 0 Å². The second-order valence-corrected chi connectivity index (χ2v) is 4.87. The van der Waals surface area contributed by atoms with Gasteiger partial charge in [0.1, 0.15) is 9.65 Å². The lowest BCUT2D eigenvalue weighted by molar-refractivity contribution is 1.25. The third-order valence-corrected chi connectivity index (χ3v) is 3.29. The normalized spacial score (nSPS) is 9.94. The number of benzene rings is 2. The van der Waals surface area contributed by atoms with E-state index in [2.05, 4.69) is 0 Å². The molecule has 0 aliphatic heterocycles. The largest absolute Gasteiger partial charge is 0.299 e. The monoisotopic (exact) mass is 297 g/mol. The van der Waals surface area contributed by atoms with Crippen molar-refractivity contribution >= 4 is 46.2 Å². The maximum atomic E-state index is 6.19. The molecular formula is C14H10Cl3N. The van der Waals surface area contributed by atoms with E-state index in [0.717, 1.165) is 11.4 Å². The molecule has 0 saturated carbocycles. The summed E-state index contributed by atoms with van der Waals surface area (Å²) in [6.07, 6.45) is 0. The van der Waals surface area contributed by atoms with E-state index in [4.69, 9.17) is 34.8 Å². The predicted molar refractivity (Wildman–Crippen MR) is 79.6 cm³/mol. The third kappa shape index (κ3) is 2.99. The topological polar surface area (TPSA) is 3.24 Å². The van der Waals surface area contributed by atoms with Crippen LogP contribution in [0.3, 0.4) is 0 Å². The van der Waals surface area contributed by atoms with Gasteiger partial charge in [-0.1, -0.05) is 71.2 Å². The first-order chi connectivity index (χ1) is 8.70. The summed E-state index contributed by atoms with van der Waals surface area (Å²) in [5.41, 5.74) is 1.79. The summed E-state index contributed by atoms with van der Waals surface area (Å²) in [5.74, 6) is 0. The van der Waals surface area contributed by atoms with E-state index in [1.54, 1.807) is 4.90 Å². The molecule has 0 aliphatic carbocycles. The maximum Gasteiger partial charge on any atom is 0.144 e. The minimum atomic E-state index is 0.0318. The van der Waals surface area contributed by atoms with Crippen molar-refractivity contribution in [2.45, 2.75) is 0 Å². The Labute approximate surface area is 121 Å². The molecule has 4 heteroatoms. The highest BCUT2D eigenvalue weighted by atomic mass is 35.5. The molecule has 0 unspecified atom stereocenters. The van der Waals surface area contributed by atoms with Crippen molar-refractivity contribution in [1.82, 2.24) is 0 Å². The molecule has 0 bridgehead atoms. The first-order valence-corrected chi connectivity index (χ1v) is 6.44. The van der Waals surface area contributed by atoms with E-state index in [9.17, 15) is 0 Å². The summed E-state index contributed by atoms with van der Waals surface area (Å²) in [6, 6.07) is 19.3. The fourth-order valence-electron chi connectivity index (χ4n) is 1.61. The van der Waals surface area contributed by atoms with E-state index in [0.29, 0.717) is 0 Å². The highest BCUT2D eigenvalue weighted by Gasteiger charge is 2.15. The summed E-state index contributed by atoms with van der Waals surface area (Å²) >= 11 is 17.8. The Bertz CT molecular complexity index is 494. The van der Waals surface area contributed by atoms with E-state index in [1.807, 2.05) is 60.7 Å². The summed E-state index contributed by atoms with van der Waals surface area (Å²) in [4.78, 5) is 1.79. The molecule has 1 nitrogen and oxygen atoms in total. The van der Waals surface area contributed by atoms with Crippen LogP contribution in [0.1, 0.15) is 0 Å². The molecule has 2 rings (SSSR count). The van der Waals surface area contributed by atoms with Gasteiger partial charge in [0.2, 0.25) is 0 Å². The van der Waals surface area contributed by atoms with E-state index in [1.165, 1.54) is 0 Å². The van der Waals surface area contributed by atoms with Gasteiger partial charge < -0.3 is 0 Å². The Balaban J connectivity index is 2.53. The van der Waals surface area contributed by atoms with Crippen LogP contribution in [0.25, 0.3) is 0 Å². The molecule has 0 heterocycles. The van der Waals surface area contributed by atoms with Gasteiger partial charge in [0.05, 0.1) is 0 Å². The van der Waals surface area contributed by atoms with Gasteiger partial charge in [-0.2, -0.15) is 0 Å². The number of hydrogen-bond donors (Lipinski definition) is 0. The molecule has 0 N–H and O–H groups in total. The van der Waals surface area contributed by atoms with Crippen molar-refractivity contribution in [3.05, 3.63) is 70.3 Å². The van der Waals surface area contributed by atoms with Crippen molar-refractivity contribution in [2.24, 2.45) is 0 Å². The molecular weight excluding hydrogens is 289 g/mol. The quantitative estimate of drug-likeness (QED) is 0.660. The Kier molecular flexibility index (Phi) is 4.54. The minimum Gasteiger partial charge on any atom is -0.299 e. The lowest BCUT2D eigenvalue weighted by Gasteiger charge is -2.24. The van der Waals surface area contributed by atoms with Crippen molar-refractivity contribution in [1.29, 1.82) is 0 Å². The summed E-state index contributed by atoms with van der Waals surface area (Å²) < 4.78 is 0.0318. The van der Waals surface area contributed by atoms with E-state index >= 15 is 0 Å². The minimum absolute atomic E-state index is 0.0318. The van der Waals surface area contributed by atoms with Crippen LogP contribution in [0.4, 0.5) is 11.4 Å². The summed E-state index contributed by atoms with van der Waals surface area (Å²) in [6.45, 7) is 0. The molecule has 0 spiro atoms. The van der Waals surface area contributed by atoms with Crippen molar-refractivity contribution in [2.75, 3.05) is 4.90 Å². The number of hydrogen-bond acceptors (Lipinski definition) is 1. The number of anilines is 2. The number of nitrogens with zero attached hydrogens (tertiary/aromatic N) is 1. The summed E-state index contributed by atoms with van der Waals surface area (Å²) in [5, 5.41) is 0.274. The third-order valence-electron chi connectivity index (χ3n) is 2.38. The molecule has 0 amide bonds. The number of rotatable bonds is 3. The second-order valence-electron chi connectivity index (χ2n) is 3.56. The van der Waals surface area contributed by atoms with Crippen LogP contribution in [0.15, 0.2) is 70.3 Å². The highest BCUT2D eigenvalue weighted by molar-refractivity contribution is 6.59. The maximum absolute atomic E-state index is 6.19. The fourth-order valence-corrected chi connectivity index (χ4v) is 1.98. The smallest absolute Gasteiger partial charge is 0.144 e. The Morgan fingerprint density at radius 2 is 1.06 bits per heavy atom. The zero-order valence-corrected chi connectivity index (χ0v) is 11.6. The standard InChI is InChI=1S/C14H10Cl3N/c15-13(16)14(17)18(11-7-3-1-4-8-11)12-9-5-2-6-10-12/h1-10H. The van der Waals surface area contributed by atoms with Crippen molar-refractivity contribution < 1.29 is 0 Å². The number of halogens is 3. The lowest BCUT2D eigenvalue weighted by Crippen LogP contribution is -2.13. The Morgan fingerprint density at radius 3 is 1.39 bits per heavy atom. The first kappa shape index (κ1) is 13.3. The van der Waals surface area contributed by atoms with Crippen LogP contribution in [-0.2, 0) is 0 Å². The van der Waals surface area contributed by atoms with E-state index < -0.39 is 0 Å². The SMILES string of the molecule is ClC(Cl)=C(Cl)N(c1ccccc1)c1ccccc1. The second kappa shape index (κ2) is 6.14.